The molecule has 5 aliphatic heterocycles. The van der Waals surface area contributed by atoms with Crippen LogP contribution in [-0.2, 0) is 11.2 Å². The molecule has 4 saturated heterocycles. The third-order valence-corrected chi connectivity index (χ3v) is 11.3. The first-order valence-corrected chi connectivity index (χ1v) is 16.8. The maximum Gasteiger partial charge on any atom is 0.522 e. The van der Waals surface area contributed by atoms with Crippen molar-refractivity contribution in [3.05, 3.63) is 53.2 Å². The Balaban J connectivity index is 1.18. The van der Waals surface area contributed by atoms with E-state index in [-0.39, 0.29) is 60.5 Å². The number of hydrogen-bond donors (Lipinski definition) is 1. The zero-order valence-electron chi connectivity index (χ0n) is 26.5. The molecule has 0 radical (unpaired) electrons. The van der Waals surface area contributed by atoms with Crippen molar-refractivity contribution in [3.8, 4) is 29.6 Å². The van der Waals surface area contributed by atoms with Crippen LogP contribution in [0.25, 0.3) is 32.9 Å². The van der Waals surface area contributed by atoms with Crippen LogP contribution in [0.3, 0.4) is 0 Å². The molecule has 8 nitrogen and oxygen atoms in total. The van der Waals surface area contributed by atoms with Crippen LogP contribution in [0, 0.1) is 24.0 Å². The number of pyridine rings is 1. The molecule has 1 N–H and O–H groups in total. The summed E-state index contributed by atoms with van der Waals surface area (Å²) in [6, 6.07) is 8.67. The summed E-state index contributed by atoms with van der Waals surface area (Å²) in [4.78, 5) is 18.7. The fourth-order valence-corrected chi connectivity index (χ4v) is 9.24. The van der Waals surface area contributed by atoms with Crippen LogP contribution in [0.5, 0.6) is 6.01 Å². The van der Waals surface area contributed by atoms with Crippen molar-refractivity contribution >= 4 is 27.5 Å². The van der Waals surface area contributed by atoms with E-state index in [0.29, 0.717) is 59.2 Å². The van der Waals surface area contributed by atoms with E-state index in [2.05, 4.69) is 25.9 Å². The highest BCUT2D eigenvalue weighted by Crippen LogP contribution is 2.45. The minimum atomic E-state index is -4.73. The fraction of sp³-hybridized carbons (Fsp3) is 0.472. The average Bonchev–Trinajstić information content (AvgIpc) is 3.71. The van der Waals surface area contributed by atoms with Crippen molar-refractivity contribution < 1.29 is 31.4 Å². The lowest BCUT2D eigenvalue weighted by Crippen LogP contribution is -2.58. The molecule has 0 amide bonds. The highest BCUT2D eigenvalue weighted by atomic mass is 19.4. The summed E-state index contributed by atoms with van der Waals surface area (Å²) >= 11 is 0. The molecule has 0 unspecified atom stereocenters. The Hall–Kier alpha value is -4.12. The number of ether oxygens (including phenoxy) is 2. The van der Waals surface area contributed by atoms with Crippen LogP contribution in [0.15, 0.2) is 30.3 Å². The van der Waals surface area contributed by atoms with Gasteiger partial charge in [0.2, 0.25) is 0 Å². The Bertz CT molecular complexity index is 2050. The van der Waals surface area contributed by atoms with Crippen LogP contribution < -0.4 is 15.0 Å². The third kappa shape index (κ3) is 5.02. The van der Waals surface area contributed by atoms with Crippen molar-refractivity contribution in [1.29, 1.82) is 0 Å². The number of terminal acetylenes is 1. The van der Waals surface area contributed by atoms with Gasteiger partial charge < -0.3 is 15.0 Å². The number of aromatic nitrogens is 3. The van der Waals surface area contributed by atoms with E-state index in [9.17, 15) is 17.6 Å². The van der Waals surface area contributed by atoms with Gasteiger partial charge in [0.15, 0.2) is 5.82 Å². The van der Waals surface area contributed by atoms with Gasteiger partial charge in [-0.05, 0) is 62.9 Å². The molecule has 254 valence electrons. The summed E-state index contributed by atoms with van der Waals surface area (Å²) in [7, 11) is 0. The van der Waals surface area contributed by atoms with E-state index in [0.717, 1.165) is 25.7 Å². The van der Waals surface area contributed by atoms with E-state index in [4.69, 9.17) is 21.1 Å². The number of nitrogens with one attached hydrogen (secondary N) is 1. The number of alkyl halides is 3. The molecule has 0 aliphatic carbocycles. The fourth-order valence-electron chi connectivity index (χ4n) is 9.24. The molecule has 0 saturated carbocycles. The van der Waals surface area contributed by atoms with Crippen molar-refractivity contribution in [2.24, 2.45) is 0 Å². The summed E-state index contributed by atoms with van der Waals surface area (Å²) in [6.45, 7) is 1.49. The summed E-state index contributed by atoms with van der Waals surface area (Å²) < 4.78 is 82.2. The van der Waals surface area contributed by atoms with Gasteiger partial charge in [-0.3, -0.25) is 9.64 Å². The normalized spacial score (nSPS) is 27.7. The molecular formula is C36H33F5N6O2. The number of nitrogens with zero attached hydrogens (tertiary/aromatic N) is 5. The van der Waals surface area contributed by atoms with E-state index in [1.807, 2.05) is 4.90 Å². The molecular weight excluding hydrogens is 643 g/mol. The topological polar surface area (TPSA) is 75.6 Å². The molecule has 0 spiro atoms. The second-order valence-corrected chi connectivity index (χ2v) is 14.0. The van der Waals surface area contributed by atoms with Crippen molar-refractivity contribution in [2.45, 2.75) is 81.1 Å². The Labute approximate surface area is 279 Å². The zero-order chi connectivity index (χ0) is 33.7. The Kier molecular flexibility index (Phi) is 7.06. The molecule has 4 fully saturated rings. The zero-order valence-corrected chi connectivity index (χ0v) is 26.5. The second-order valence-electron chi connectivity index (χ2n) is 14.0. The molecule has 7 heterocycles. The molecule has 2 aromatic heterocycles. The van der Waals surface area contributed by atoms with E-state index >= 15 is 4.39 Å². The summed E-state index contributed by atoms with van der Waals surface area (Å²) in [5, 5.41) is 5.27. The first-order chi connectivity index (χ1) is 23.6. The minimum absolute atomic E-state index is 0.00816. The van der Waals surface area contributed by atoms with Crippen LogP contribution in [0.4, 0.5) is 27.8 Å². The Morgan fingerprint density at radius 3 is 2.76 bits per heavy atom. The number of aryl methyl sites for hydroxylation is 1. The summed E-state index contributed by atoms with van der Waals surface area (Å²) in [5.41, 5.74) is 0.383. The largest absolute Gasteiger partial charge is 0.522 e. The number of benzene rings is 2. The number of halogens is 5. The average molecular weight is 677 g/mol. The van der Waals surface area contributed by atoms with Gasteiger partial charge in [-0.2, -0.15) is 9.97 Å². The molecule has 4 aromatic rings. The predicted molar refractivity (Wildman–Crippen MR) is 172 cm³/mol. The summed E-state index contributed by atoms with van der Waals surface area (Å²) in [5.74, 6) is 1.70. The van der Waals surface area contributed by atoms with Crippen LogP contribution >= 0.6 is 0 Å². The molecule has 2 bridgehead atoms. The molecule has 49 heavy (non-hydrogen) atoms. The van der Waals surface area contributed by atoms with E-state index < -0.39 is 29.6 Å². The van der Waals surface area contributed by atoms with E-state index in [1.165, 1.54) is 6.07 Å². The SMILES string of the molecule is C#Cc1c(F)ccc2cccc(-c3nc4c5c(nc(OC[C@@]67CCCN6C[C@H](OC(F)(F)F)C7)nc5c3F)N3C[C@H]5CC[C@H](N5)[C@H]3CC4)c12. The second kappa shape index (κ2) is 11.2. The van der Waals surface area contributed by atoms with E-state index in [1.54, 1.807) is 24.3 Å². The van der Waals surface area contributed by atoms with Gasteiger partial charge in [0, 0.05) is 42.2 Å². The highest BCUT2D eigenvalue weighted by molar-refractivity contribution is 6.02. The lowest BCUT2D eigenvalue weighted by Gasteiger charge is -2.41. The van der Waals surface area contributed by atoms with Gasteiger partial charge in [-0.25, -0.2) is 13.8 Å². The number of anilines is 1. The van der Waals surface area contributed by atoms with Crippen molar-refractivity contribution in [2.75, 3.05) is 31.1 Å². The van der Waals surface area contributed by atoms with Crippen molar-refractivity contribution in [1.82, 2.24) is 25.2 Å². The molecule has 5 atom stereocenters. The van der Waals surface area contributed by atoms with Gasteiger partial charge in [-0.1, -0.05) is 30.2 Å². The van der Waals surface area contributed by atoms with Gasteiger partial charge in [0.05, 0.1) is 28.3 Å². The molecule has 2 aromatic carbocycles. The highest BCUT2D eigenvalue weighted by Gasteiger charge is 2.52. The maximum absolute atomic E-state index is 17.1. The number of fused-ring (bicyclic) bond motifs is 7. The number of hydrogen-bond acceptors (Lipinski definition) is 8. The number of piperazine rings is 1. The standard InChI is InChI=1S/C36H33F5N6O2/c1-2-22-24(37)9-7-19-5-3-6-23(28(19)22)31-30(38)32-29-26(43-31)11-12-27-25-10-8-20(42-25)16-47(27)33(29)45-34(44-32)48-18-35-13-4-14-46(35)17-21(15-35)49-36(39,40)41/h1,3,5-7,9,20-21,25,27,42H,4,8,10-18H2/t20-,21-,25+,27-,35+/m1/s1. The maximum atomic E-state index is 17.1. The van der Waals surface area contributed by atoms with Gasteiger partial charge in [0.1, 0.15) is 29.5 Å². The first kappa shape index (κ1) is 30.9. The number of rotatable bonds is 5. The Morgan fingerprint density at radius 2 is 1.92 bits per heavy atom. The predicted octanol–water partition coefficient (Wildman–Crippen LogP) is 5.88. The van der Waals surface area contributed by atoms with Gasteiger partial charge in [-0.15, -0.1) is 19.6 Å². The van der Waals surface area contributed by atoms with Crippen molar-refractivity contribution in [3.63, 3.8) is 0 Å². The molecule has 9 rings (SSSR count). The lowest BCUT2D eigenvalue weighted by atomic mass is 9.94. The summed E-state index contributed by atoms with van der Waals surface area (Å²) in [6.07, 6.45) is 4.97. The van der Waals surface area contributed by atoms with Gasteiger partial charge in [0.25, 0.3) is 0 Å². The van der Waals surface area contributed by atoms with Crippen LogP contribution in [0.2, 0.25) is 0 Å². The monoisotopic (exact) mass is 676 g/mol. The lowest BCUT2D eigenvalue weighted by molar-refractivity contribution is -0.340. The Morgan fingerprint density at radius 1 is 1.04 bits per heavy atom. The van der Waals surface area contributed by atoms with Crippen LogP contribution in [0.1, 0.15) is 49.8 Å². The minimum Gasteiger partial charge on any atom is -0.461 e. The van der Waals surface area contributed by atoms with Gasteiger partial charge >= 0.3 is 12.4 Å². The molecule has 13 heteroatoms. The third-order valence-electron chi connectivity index (χ3n) is 11.3. The molecule has 5 aliphatic rings. The smallest absolute Gasteiger partial charge is 0.461 e. The first-order valence-electron chi connectivity index (χ1n) is 16.8. The van der Waals surface area contributed by atoms with Crippen LogP contribution in [-0.4, -0.2) is 82.2 Å². The quantitative estimate of drug-likeness (QED) is 0.208.